The van der Waals surface area contributed by atoms with Gasteiger partial charge in [-0.15, -0.1) is 0 Å². The molecule has 0 heterocycles. The Balaban J connectivity index is 0.000000676. The third-order valence-electron chi connectivity index (χ3n) is 28.0. The minimum Gasteiger partial charge on any atom is -0.462 e. The van der Waals surface area contributed by atoms with Gasteiger partial charge in [0.05, 0.1) is 33.5 Å². The maximum atomic E-state index is 12.9. The standard InChI is InChI=1S/C21H34O4.2C20H32O4.C19H30O4.8CH4/c1-5-20(3,4)19(23)24-17-13-14-11-15(17)16(12-14)18(22)25-21(6-2)9-7-8-10-21;1-5-19(2,3)18(22)23-16-12-13-10-14(16)15(11-13)17(21)24-20(4)8-6-7-9-20;1-5-19(3,4)18(22)23-12-17(21)24-20(6-2)15-8-13-7-14(10-15)11-16(20)9-13;1-5-18(2,3)17(21)22-11-16(20)23-19(4)14-7-12-6-13(9-14)10-15(19)8-12;;;;;;;;/h14-17H,5-13H2,1-4H3;2*13-16H,5-12H2,1-4H3;12-15H,5-11H2,1-4H3;8*1H4. The normalized spacial score (nSPS) is 33.1. The first-order valence-electron chi connectivity index (χ1n) is 38.7. The van der Waals surface area contributed by atoms with Crippen molar-refractivity contribution in [1.82, 2.24) is 0 Å². The number of fused-ring (bicyclic) bond motifs is 4. The Morgan fingerprint density at radius 2 is 0.663 bits per heavy atom. The van der Waals surface area contributed by atoms with Gasteiger partial charge in [0.15, 0.2) is 13.2 Å². The summed E-state index contributed by atoms with van der Waals surface area (Å²) in [4.78, 5) is 99.2. The molecule has 0 spiro atoms. The third kappa shape index (κ3) is 21.6. The minimum absolute atomic E-state index is 0. The van der Waals surface area contributed by atoms with Gasteiger partial charge in [-0.2, -0.15) is 0 Å². The van der Waals surface area contributed by atoms with E-state index in [0.717, 1.165) is 139 Å². The fraction of sp³-hybridized carbons (Fsp3) is 0.909. The van der Waals surface area contributed by atoms with Gasteiger partial charge < -0.3 is 37.9 Å². The van der Waals surface area contributed by atoms with Crippen molar-refractivity contribution in [3.05, 3.63) is 0 Å². The number of esters is 8. The molecule has 8 unspecified atom stereocenters. The molecule has 0 aromatic heterocycles. The minimum atomic E-state index is -0.550. The predicted molar refractivity (Wildman–Crippen MR) is 419 cm³/mol. The lowest BCUT2D eigenvalue weighted by atomic mass is 9.49. The highest BCUT2D eigenvalue weighted by atomic mass is 16.6. The van der Waals surface area contributed by atoms with E-state index in [2.05, 4.69) is 27.7 Å². The van der Waals surface area contributed by atoms with E-state index in [4.69, 9.17) is 37.9 Å². The molecule has 0 amide bonds. The number of carbonyl (C=O) groups excluding carboxylic acids is 8. The van der Waals surface area contributed by atoms with Crippen molar-refractivity contribution in [3.8, 4) is 0 Å². The van der Waals surface area contributed by atoms with Gasteiger partial charge in [-0.05, 0) is 321 Å². The van der Waals surface area contributed by atoms with Crippen LogP contribution >= 0.6 is 0 Å². The largest absolute Gasteiger partial charge is 0.462 e. The molecule has 0 N–H and O–H groups in total. The first kappa shape index (κ1) is 97.8. The van der Waals surface area contributed by atoms with Crippen molar-refractivity contribution in [3.63, 3.8) is 0 Å². The smallest absolute Gasteiger partial charge is 0.344 e. The first-order valence-corrected chi connectivity index (χ1v) is 38.7. The van der Waals surface area contributed by atoms with E-state index in [1.165, 1.54) is 64.2 Å². The molecule has 14 aliphatic rings. The van der Waals surface area contributed by atoms with Crippen LogP contribution in [0.2, 0.25) is 0 Å². The van der Waals surface area contributed by atoms with Crippen molar-refractivity contribution >= 4 is 47.8 Å². The summed E-state index contributed by atoms with van der Waals surface area (Å²) in [5, 5.41) is 0. The second-order valence-corrected chi connectivity index (χ2v) is 36.0. The summed E-state index contributed by atoms with van der Waals surface area (Å²) in [7, 11) is 0. The molecule has 12 bridgehead atoms. The van der Waals surface area contributed by atoms with Gasteiger partial charge in [-0.1, -0.05) is 101 Å². The Kier molecular flexibility index (Phi) is 36.6. The Morgan fingerprint density at radius 1 is 0.346 bits per heavy atom. The third-order valence-corrected chi connectivity index (χ3v) is 28.0. The quantitative estimate of drug-likeness (QED) is 0.0729. The SMILES string of the molecule is C.C.C.C.C.C.C.C.CCC(C)(C)C(=O)OC1CC2CC(C(=O)OC3(C)CCCC3)C1C2.CCC(C)(C)C(=O)OCC(=O)OC1(C)C2CC3CC(C2)CC1C3.CCC(C)(C)C(=O)OCC(=O)OC1(CC)C2CC3CC(C2)CC1C3.CCC1(OC(=O)C2CC3CC(OC(=O)C(C)(C)CC)C2C3)CCCC1. The summed E-state index contributed by atoms with van der Waals surface area (Å²) in [5.41, 5.74) is -3.15. The first-order chi connectivity index (χ1) is 45.1. The van der Waals surface area contributed by atoms with Crippen LogP contribution in [0.15, 0.2) is 0 Å². The van der Waals surface area contributed by atoms with E-state index in [1.54, 1.807) is 0 Å². The van der Waals surface area contributed by atoms with Gasteiger partial charge in [0.2, 0.25) is 0 Å². The van der Waals surface area contributed by atoms with E-state index < -0.39 is 21.7 Å². The lowest BCUT2D eigenvalue weighted by Gasteiger charge is -2.60. The highest BCUT2D eigenvalue weighted by Gasteiger charge is 2.61. The van der Waals surface area contributed by atoms with Crippen LogP contribution in [0.1, 0.15) is 363 Å². The molecule has 14 fully saturated rings. The zero-order valence-electron chi connectivity index (χ0n) is 62.4. The van der Waals surface area contributed by atoms with Gasteiger partial charge in [0, 0.05) is 11.8 Å². The molecule has 0 aromatic carbocycles. The maximum absolute atomic E-state index is 12.9. The van der Waals surface area contributed by atoms with Gasteiger partial charge >= 0.3 is 47.8 Å². The van der Waals surface area contributed by atoms with Gasteiger partial charge in [0.25, 0.3) is 0 Å². The molecule has 16 heteroatoms. The summed E-state index contributed by atoms with van der Waals surface area (Å²) in [6.45, 7) is 30.9. The van der Waals surface area contributed by atoms with Gasteiger partial charge in [0.1, 0.15) is 34.6 Å². The molecule has 608 valence electrons. The number of carbonyl (C=O) groups is 8. The van der Waals surface area contributed by atoms with Crippen LogP contribution in [-0.2, 0) is 76.3 Å². The lowest BCUT2D eigenvalue weighted by molar-refractivity contribution is -0.214. The van der Waals surface area contributed by atoms with Crippen LogP contribution in [0.5, 0.6) is 0 Å². The van der Waals surface area contributed by atoms with Crippen molar-refractivity contribution in [2.45, 2.75) is 397 Å². The van der Waals surface area contributed by atoms with Crippen LogP contribution in [0.25, 0.3) is 0 Å². The molecule has 0 saturated heterocycles. The molecule has 14 saturated carbocycles. The van der Waals surface area contributed by atoms with Crippen LogP contribution in [0, 0.1) is 105 Å². The van der Waals surface area contributed by atoms with Crippen molar-refractivity contribution in [1.29, 1.82) is 0 Å². The summed E-state index contributed by atoms with van der Waals surface area (Å²) in [6, 6.07) is 0. The molecule has 0 aromatic rings. The van der Waals surface area contributed by atoms with Crippen LogP contribution in [0.4, 0.5) is 0 Å². The number of rotatable bonds is 22. The average molecular weight is 1470 g/mol. The van der Waals surface area contributed by atoms with Crippen molar-refractivity contribution < 1.29 is 76.3 Å². The zero-order valence-corrected chi connectivity index (χ0v) is 62.4. The molecule has 0 aliphatic heterocycles. The van der Waals surface area contributed by atoms with Crippen molar-refractivity contribution in [2.75, 3.05) is 13.2 Å². The summed E-state index contributed by atoms with van der Waals surface area (Å²) in [6.07, 6.45) is 31.0. The lowest BCUT2D eigenvalue weighted by Crippen LogP contribution is -2.59. The second kappa shape index (κ2) is 38.9. The Labute approximate surface area is 636 Å². The molecule has 14 aliphatic carbocycles. The zero-order chi connectivity index (χ0) is 70.1. The van der Waals surface area contributed by atoms with E-state index >= 15 is 0 Å². The van der Waals surface area contributed by atoms with Crippen LogP contribution in [0.3, 0.4) is 0 Å². The number of hydrogen-bond acceptors (Lipinski definition) is 16. The average Bonchev–Trinajstić information content (AvgIpc) is 1.66. The maximum Gasteiger partial charge on any atom is 0.344 e. The van der Waals surface area contributed by atoms with Gasteiger partial charge in [-0.3, -0.25) is 28.8 Å². The molecule has 0 radical (unpaired) electrons. The molecule has 16 nitrogen and oxygen atoms in total. The van der Waals surface area contributed by atoms with Gasteiger partial charge in [-0.25, -0.2) is 9.59 Å². The fourth-order valence-electron chi connectivity index (χ4n) is 20.2. The summed E-state index contributed by atoms with van der Waals surface area (Å²) in [5.74, 6) is 4.77. The fourth-order valence-corrected chi connectivity index (χ4v) is 20.2. The molecular formula is C88H160O16. The predicted octanol–water partition coefficient (Wildman–Crippen LogP) is 21.8. The van der Waals surface area contributed by atoms with E-state index in [-0.39, 0.29) is 179 Å². The topological polar surface area (TPSA) is 210 Å². The molecule has 104 heavy (non-hydrogen) atoms. The Morgan fingerprint density at radius 3 is 1.00 bits per heavy atom. The second-order valence-electron chi connectivity index (χ2n) is 36.0. The molecular weight excluding hydrogens is 1310 g/mol. The molecule has 8 atom stereocenters. The molecule has 14 rings (SSSR count). The van der Waals surface area contributed by atoms with Crippen molar-refractivity contribution in [2.24, 2.45) is 105 Å². The summed E-state index contributed by atoms with van der Waals surface area (Å²) >= 11 is 0. The highest BCUT2D eigenvalue weighted by Crippen LogP contribution is 2.62. The van der Waals surface area contributed by atoms with E-state index in [0.29, 0.717) is 48.3 Å². The highest BCUT2D eigenvalue weighted by molar-refractivity contribution is 5.81. The van der Waals surface area contributed by atoms with Crippen LogP contribution < -0.4 is 0 Å². The van der Waals surface area contributed by atoms with E-state index in [1.807, 2.05) is 83.1 Å². The monoisotopic (exact) mass is 1470 g/mol. The number of ether oxygens (including phenoxy) is 8. The van der Waals surface area contributed by atoms with E-state index in [9.17, 15) is 38.4 Å². The summed E-state index contributed by atoms with van der Waals surface area (Å²) < 4.78 is 46.0. The Bertz CT molecular complexity index is 2710. The van der Waals surface area contributed by atoms with Crippen LogP contribution in [-0.4, -0.2) is 95.6 Å². The number of hydrogen-bond donors (Lipinski definition) is 0. The Hall–Kier alpha value is -4.24.